The maximum Gasteiger partial charge on any atom is 0.316 e. The lowest BCUT2D eigenvalue weighted by atomic mass is 9.94. The lowest BCUT2D eigenvalue weighted by Gasteiger charge is -2.36. The average molecular weight is 918 g/mol. The summed E-state index contributed by atoms with van der Waals surface area (Å²) < 4.78 is 35.3. The van der Waals surface area contributed by atoms with Crippen molar-refractivity contribution in [2.24, 2.45) is 5.92 Å². The van der Waals surface area contributed by atoms with Crippen molar-refractivity contribution < 1.29 is 42.8 Å². The van der Waals surface area contributed by atoms with Gasteiger partial charge in [0.1, 0.15) is 0 Å². The van der Waals surface area contributed by atoms with Crippen LogP contribution >= 0.6 is 11.6 Å². The van der Waals surface area contributed by atoms with Crippen molar-refractivity contribution in [1.29, 1.82) is 0 Å². The van der Waals surface area contributed by atoms with Crippen molar-refractivity contribution in [3.8, 4) is 0 Å². The van der Waals surface area contributed by atoms with E-state index in [9.17, 15) is 14.4 Å². The van der Waals surface area contributed by atoms with Gasteiger partial charge in [-0.1, -0.05) is 118 Å². The fourth-order valence-corrected chi connectivity index (χ4v) is 8.26. The molecule has 0 aromatic heterocycles. The second-order valence-corrected chi connectivity index (χ2v) is 18.4. The first-order chi connectivity index (χ1) is 30.7. The summed E-state index contributed by atoms with van der Waals surface area (Å²) >= 11 is 6.30. The summed E-state index contributed by atoms with van der Waals surface area (Å²) in [5.41, 5.74) is 0. The number of hydrogen-bond donors (Lipinski definition) is 0. The summed E-state index contributed by atoms with van der Waals surface area (Å²) in [6, 6.07) is 0.0431. The monoisotopic (exact) mass is 917 g/mol. The number of esters is 2. The second-order valence-electron chi connectivity index (χ2n) is 18.1. The molecule has 0 saturated carbocycles. The summed E-state index contributed by atoms with van der Waals surface area (Å²) in [5, 5.41) is -0.372. The van der Waals surface area contributed by atoms with Gasteiger partial charge in [-0.15, -0.1) is 0 Å². The molecule has 0 atom stereocenters. The molecule has 0 N–H and O–H groups in total. The standard InChI is InChI=1S/C51H97ClN2O9/c1-6-10-14-22-40-60-49(61-41-23-15-11-7-2)32-30-47(55)58-38-26-18-20-28-46(54(51(52)57)44-45-34-36-53(5)37-35-45)29-21-19-27-39-59-48(56)31-33-50(62-42-24-16-12-8-3)63-43-25-17-13-9-4/h45-46,49-50H,6-44H2,1-5H3. The first-order valence-corrected chi connectivity index (χ1v) is 26.5. The molecule has 0 bridgehead atoms. The quantitative estimate of drug-likeness (QED) is 0.0192. The van der Waals surface area contributed by atoms with Crippen LogP contribution in [0.2, 0.25) is 0 Å². The molecule has 0 aliphatic carbocycles. The van der Waals surface area contributed by atoms with Crippen LogP contribution in [-0.2, 0) is 38.0 Å². The number of carbonyl (C=O) groups excluding carboxylic acids is 3. The van der Waals surface area contributed by atoms with Crippen LogP contribution < -0.4 is 0 Å². The molecule has 12 heteroatoms. The van der Waals surface area contributed by atoms with Crippen molar-refractivity contribution in [2.45, 2.75) is 239 Å². The molecule has 1 saturated heterocycles. The Morgan fingerprint density at radius 3 is 1.21 bits per heavy atom. The molecule has 1 rings (SSSR count). The highest BCUT2D eigenvalue weighted by Crippen LogP contribution is 2.25. The number of nitrogens with zero attached hydrogens (tertiary/aromatic N) is 2. The topological polar surface area (TPSA) is 113 Å². The van der Waals surface area contributed by atoms with Gasteiger partial charge >= 0.3 is 17.3 Å². The van der Waals surface area contributed by atoms with Crippen LogP contribution in [0.15, 0.2) is 0 Å². The summed E-state index contributed by atoms with van der Waals surface area (Å²) in [6.45, 7) is 14.9. The van der Waals surface area contributed by atoms with Crippen LogP contribution in [-0.4, -0.2) is 112 Å². The number of carbonyl (C=O) groups is 3. The number of piperidine rings is 1. The first-order valence-electron chi connectivity index (χ1n) is 26.2. The normalized spacial score (nSPS) is 13.7. The third kappa shape index (κ3) is 35.4. The van der Waals surface area contributed by atoms with Crippen LogP contribution in [0.3, 0.4) is 0 Å². The van der Waals surface area contributed by atoms with Crippen molar-refractivity contribution >= 4 is 28.9 Å². The lowest BCUT2D eigenvalue weighted by Crippen LogP contribution is -2.43. The van der Waals surface area contributed by atoms with Gasteiger partial charge in [0.25, 0.3) is 0 Å². The number of halogens is 1. The fourth-order valence-electron chi connectivity index (χ4n) is 8.05. The van der Waals surface area contributed by atoms with Gasteiger partial charge in [-0.05, 0) is 115 Å². The molecule has 372 valence electrons. The van der Waals surface area contributed by atoms with E-state index in [1.165, 1.54) is 51.4 Å². The zero-order valence-electron chi connectivity index (χ0n) is 41.3. The Kier molecular flexibility index (Phi) is 40.7. The van der Waals surface area contributed by atoms with E-state index in [-0.39, 0.29) is 48.8 Å². The molecule has 0 radical (unpaired) electrons. The van der Waals surface area contributed by atoms with E-state index in [1.54, 1.807) is 0 Å². The van der Waals surface area contributed by atoms with Gasteiger partial charge < -0.3 is 38.2 Å². The zero-order chi connectivity index (χ0) is 46.0. The Morgan fingerprint density at radius 1 is 0.508 bits per heavy atom. The molecule has 1 amide bonds. The van der Waals surface area contributed by atoms with Gasteiger partial charge in [0.15, 0.2) is 12.6 Å². The summed E-state index contributed by atoms with van der Waals surface area (Å²) in [6.07, 6.45) is 28.0. The van der Waals surface area contributed by atoms with Gasteiger partial charge in [0.05, 0.1) is 26.1 Å². The summed E-state index contributed by atoms with van der Waals surface area (Å²) in [5.74, 6) is 0.0249. The Bertz CT molecular complexity index is 976. The maximum atomic E-state index is 12.9. The van der Waals surface area contributed by atoms with E-state index in [2.05, 4.69) is 39.6 Å². The Labute approximate surface area is 391 Å². The van der Waals surface area contributed by atoms with E-state index in [1.807, 2.05) is 4.90 Å². The number of likely N-dealkylation sites (tertiary alicyclic amines) is 1. The molecular weight excluding hydrogens is 820 g/mol. The van der Waals surface area contributed by atoms with E-state index >= 15 is 0 Å². The highest BCUT2D eigenvalue weighted by Gasteiger charge is 2.27. The first kappa shape index (κ1) is 59.5. The minimum atomic E-state index is -0.372. The molecule has 0 unspecified atom stereocenters. The van der Waals surface area contributed by atoms with Crippen LogP contribution in [0.25, 0.3) is 0 Å². The van der Waals surface area contributed by atoms with Gasteiger partial charge in [-0.25, -0.2) is 0 Å². The molecule has 0 aromatic carbocycles. The highest BCUT2D eigenvalue weighted by atomic mass is 35.5. The predicted octanol–water partition coefficient (Wildman–Crippen LogP) is 13.2. The fraction of sp³-hybridized carbons (Fsp3) is 0.941. The smallest absolute Gasteiger partial charge is 0.316 e. The van der Waals surface area contributed by atoms with Crippen molar-refractivity contribution in [1.82, 2.24) is 9.80 Å². The van der Waals surface area contributed by atoms with Crippen molar-refractivity contribution in [3.05, 3.63) is 0 Å². The molecule has 63 heavy (non-hydrogen) atoms. The van der Waals surface area contributed by atoms with E-state index in [0.717, 1.165) is 129 Å². The number of amides is 1. The van der Waals surface area contributed by atoms with Crippen LogP contribution in [0.4, 0.5) is 4.79 Å². The molecule has 1 aliphatic heterocycles. The van der Waals surface area contributed by atoms with E-state index in [0.29, 0.717) is 64.9 Å². The average Bonchev–Trinajstić information content (AvgIpc) is 3.27. The highest BCUT2D eigenvalue weighted by molar-refractivity contribution is 6.62. The molecule has 1 heterocycles. The number of hydrogen-bond acceptors (Lipinski definition) is 10. The van der Waals surface area contributed by atoms with E-state index in [4.69, 9.17) is 40.0 Å². The van der Waals surface area contributed by atoms with Gasteiger partial charge in [0.2, 0.25) is 0 Å². The van der Waals surface area contributed by atoms with E-state index < -0.39 is 0 Å². The molecule has 0 spiro atoms. The molecule has 1 fully saturated rings. The van der Waals surface area contributed by atoms with Crippen LogP contribution in [0.5, 0.6) is 0 Å². The second kappa shape index (κ2) is 43.1. The zero-order valence-corrected chi connectivity index (χ0v) is 42.1. The summed E-state index contributed by atoms with van der Waals surface area (Å²) in [4.78, 5) is 42.5. The van der Waals surface area contributed by atoms with Crippen LogP contribution in [0, 0.1) is 5.92 Å². The van der Waals surface area contributed by atoms with Gasteiger partial charge in [-0.3, -0.25) is 14.4 Å². The Hall–Kier alpha value is -1.50. The van der Waals surface area contributed by atoms with Crippen molar-refractivity contribution in [2.75, 3.05) is 66.3 Å². The number of ether oxygens (including phenoxy) is 6. The third-order valence-corrected chi connectivity index (χ3v) is 12.4. The van der Waals surface area contributed by atoms with Gasteiger partial charge in [-0.2, -0.15) is 0 Å². The molecule has 0 aromatic rings. The van der Waals surface area contributed by atoms with Crippen LogP contribution in [0.1, 0.15) is 220 Å². The molecular formula is C51H97ClN2O9. The largest absolute Gasteiger partial charge is 0.466 e. The minimum Gasteiger partial charge on any atom is -0.466 e. The minimum absolute atomic E-state index is 0.0431. The predicted molar refractivity (Wildman–Crippen MR) is 257 cm³/mol. The third-order valence-electron chi connectivity index (χ3n) is 12.2. The number of rotatable bonds is 45. The lowest BCUT2D eigenvalue weighted by molar-refractivity contribution is -0.159. The molecule has 1 aliphatic rings. The Balaban J connectivity index is 2.55. The summed E-state index contributed by atoms with van der Waals surface area (Å²) in [7, 11) is 2.15. The van der Waals surface area contributed by atoms with Gasteiger partial charge in [0, 0.05) is 51.9 Å². The molecule has 11 nitrogen and oxygen atoms in total. The maximum absolute atomic E-state index is 12.9. The van der Waals surface area contributed by atoms with Crippen molar-refractivity contribution in [3.63, 3.8) is 0 Å². The SMILES string of the molecule is CCCCCCOC(CCC(=O)OCCCCCC(CCCCCOC(=O)CCC(OCCCCCC)OCCCCCC)N(CC1CCN(C)CC1)C(=O)Cl)OCCCCCC. The number of unbranched alkanes of at least 4 members (excludes halogenated alkanes) is 16. The Morgan fingerprint density at radius 2 is 0.857 bits per heavy atom.